The zero-order valence-electron chi connectivity index (χ0n) is 12.4. The highest BCUT2D eigenvalue weighted by atomic mass is 35.5. The Morgan fingerprint density at radius 1 is 0.636 bits per heavy atom. The Labute approximate surface area is 136 Å². The summed E-state index contributed by atoms with van der Waals surface area (Å²) in [4.78, 5) is 42.3. The van der Waals surface area contributed by atoms with Gasteiger partial charge in [-0.1, -0.05) is 23.2 Å². The van der Waals surface area contributed by atoms with Crippen molar-refractivity contribution in [2.45, 2.75) is 22.6 Å². The molecule has 0 aromatic heterocycles. The third-order valence-electron chi connectivity index (χ3n) is 2.85. The van der Waals surface area contributed by atoms with Crippen LogP contribution in [0.1, 0.15) is 12.8 Å². The van der Waals surface area contributed by atoms with Crippen LogP contribution in [0.15, 0.2) is 0 Å². The number of hydrogen-bond acceptors (Lipinski definition) is 8. The molecule has 0 aromatic carbocycles. The molecule has 0 heterocycles. The minimum atomic E-state index is -2.26. The molecule has 22 heavy (non-hydrogen) atoms. The second kappa shape index (κ2) is 8.19. The number of rotatable bonds is 7. The quantitative estimate of drug-likeness (QED) is 0.279. The second-order valence-electron chi connectivity index (χ2n) is 4.07. The highest BCUT2D eigenvalue weighted by Crippen LogP contribution is 2.33. The van der Waals surface area contributed by atoms with E-state index in [1.807, 2.05) is 0 Å². The van der Waals surface area contributed by atoms with Crippen molar-refractivity contribution in [1.29, 1.82) is 0 Å². The van der Waals surface area contributed by atoms with Gasteiger partial charge in [-0.3, -0.25) is 0 Å². The molecule has 10 heteroatoms. The molecule has 0 saturated carbocycles. The molecule has 0 fully saturated rings. The molecule has 0 amide bonds. The average Bonchev–Trinajstić information content (AvgIpc) is 2.55. The number of carbonyl (C=O) groups is 4. The standard InChI is InChI=1S/C12H16Cl2O8/c1-19-7(15)11(13,8(16)20-2)5-6-12(14,9(17)21-3)10(18)22-4/h5-6H2,1-4H3. The molecular weight excluding hydrogens is 343 g/mol. The van der Waals surface area contributed by atoms with E-state index in [0.29, 0.717) is 0 Å². The summed E-state index contributed by atoms with van der Waals surface area (Å²) in [5.41, 5.74) is 0. The SMILES string of the molecule is COC(=O)C(Cl)(CCC(Cl)(C(=O)OC)C(=O)OC)C(=O)OC. The second-order valence-corrected chi connectivity index (χ2v) is 5.36. The summed E-state index contributed by atoms with van der Waals surface area (Å²) in [7, 11) is 4.04. The van der Waals surface area contributed by atoms with Gasteiger partial charge in [-0.15, -0.1) is 0 Å². The van der Waals surface area contributed by atoms with E-state index in [1.54, 1.807) is 0 Å². The molecule has 0 radical (unpaired) electrons. The Balaban J connectivity index is 5.48. The maximum Gasteiger partial charge on any atom is 0.338 e. The Hall–Kier alpha value is -1.54. The predicted molar refractivity (Wildman–Crippen MR) is 74.5 cm³/mol. The third-order valence-corrected chi connectivity index (χ3v) is 3.84. The maximum atomic E-state index is 11.7. The molecule has 0 saturated heterocycles. The molecule has 0 bridgehead atoms. The number of esters is 4. The van der Waals surface area contributed by atoms with Crippen molar-refractivity contribution in [3.8, 4) is 0 Å². The van der Waals surface area contributed by atoms with Crippen LogP contribution < -0.4 is 0 Å². The molecule has 0 aliphatic heterocycles. The summed E-state index contributed by atoms with van der Waals surface area (Å²) < 4.78 is 17.7. The normalized spacial score (nSPS) is 11.4. The zero-order chi connectivity index (χ0) is 17.6. The van der Waals surface area contributed by atoms with E-state index in [1.165, 1.54) is 0 Å². The Morgan fingerprint density at radius 3 is 0.955 bits per heavy atom. The lowest BCUT2D eigenvalue weighted by Gasteiger charge is -2.26. The Bertz CT molecular complexity index is 388. The van der Waals surface area contributed by atoms with Crippen LogP contribution in [0.4, 0.5) is 0 Å². The van der Waals surface area contributed by atoms with Gasteiger partial charge in [0, 0.05) is 0 Å². The lowest BCUT2D eigenvalue weighted by Crippen LogP contribution is -2.48. The van der Waals surface area contributed by atoms with E-state index < -0.39 is 46.5 Å². The van der Waals surface area contributed by atoms with Crippen molar-refractivity contribution in [1.82, 2.24) is 0 Å². The number of halogens is 2. The first kappa shape index (κ1) is 20.5. The van der Waals surface area contributed by atoms with Gasteiger partial charge in [0.1, 0.15) is 0 Å². The lowest BCUT2D eigenvalue weighted by molar-refractivity contribution is -0.161. The monoisotopic (exact) mass is 358 g/mol. The smallest absolute Gasteiger partial charge is 0.338 e. The van der Waals surface area contributed by atoms with Gasteiger partial charge in [0.15, 0.2) is 0 Å². The number of carbonyl (C=O) groups excluding carboxylic acids is 4. The molecule has 0 aliphatic carbocycles. The van der Waals surface area contributed by atoms with Crippen LogP contribution in [0.25, 0.3) is 0 Å². The van der Waals surface area contributed by atoms with Crippen molar-refractivity contribution in [2.24, 2.45) is 0 Å². The van der Waals surface area contributed by atoms with Crippen LogP contribution in [0, 0.1) is 0 Å². The number of methoxy groups -OCH3 is 4. The molecule has 0 aliphatic rings. The fourth-order valence-corrected chi connectivity index (χ4v) is 2.06. The highest BCUT2D eigenvalue weighted by Gasteiger charge is 2.53. The fraction of sp³-hybridized carbons (Fsp3) is 0.667. The summed E-state index contributed by atoms with van der Waals surface area (Å²) in [6.07, 6.45) is -1.05. The first-order valence-corrected chi connectivity index (χ1v) is 6.61. The first-order valence-electron chi connectivity index (χ1n) is 5.85. The van der Waals surface area contributed by atoms with E-state index in [0.717, 1.165) is 28.4 Å². The van der Waals surface area contributed by atoms with Gasteiger partial charge in [-0.05, 0) is 12.8 Å². The van der Waals surface area contributed by atoms with Crippen LogP contribution in [0.3, 0.4) is 0 Å². The van der Waals surface area contributed by atoms with Gasteiger partial charge in [0.25, 0.3) is 0 Å². The van der Waals surface area contributed by atoms with Gasteiger partial charge in [0.05, 0.1) is 28.4 Å². The molecule has 8 nitrogen and oxygen atoms in total. The largest absolute Gasteiger partial charge is 0.467 e. The number of hydrogen-bond donors (Lipinski definition) is 0. The van der Waals surface area contributed by atoms with E-state index >= 15 is 0 Å². The van der Waals surface area contributed by atoms with Crippen LogP contribution in [-0.4, -0.2) is 62.1 Å². The Kier molecular flexibility index (Phi) is 7.61. The van der Waals surface area contributed by atoms with Crippen LogP contribution >= 0.6 is 23.2 Å². The van der Waals surface area contributed by atoms with Gasteiger partial charge >= 0.3 is 23.9 Å². The Morgan fingerprint density at radius 2 is 0.818 bits per heavy atom. The summed E-state index contributed by atoms with van der Waals surface area (Å²) in [6.45, 7) is 0. The van der Waals surface area contributed by atoms with E-state index in [4.69, 9.17) is 23.2 Å². The molecule has 0 spiro atoms. The first-order chi connectivity index (χ1) is 10.1. The van der Waals surface area contributed by atoms with E-state index in [-0.39, 0.29) is 0 Å². The van der Waals surface area contributed by atoms with Crippen LogP contribution in [0.5, 0.6) is 0 Å². The van der Waals surface area contributed by atoms with Crippen LogP contribution in [0.2, 0.25) is 0 Å². The third kappa shape index (κ3) is 4.01. The number of ether oxygens (including phenoxy) is 4. The van der Waals surface area contributed by atoms with Gasteiger partial charge in [0.2, 0.25) is 9.75 Å². The molecule has 0 N–H and O–H groups in total. The molecular formula is C12H16Cl2O8. The molecule has 0 unspecified atom stereocenters. The van der Waals surface area contributed by atoms with Crippen LogP contribution in [-0.2, 0) is 38.1 Å². The van der Waals surface area contributed by atoms with Crippen molar-refractivity contribution < 1.29 is 38.1 Å². The van der Waals surface area contributed by atoms with Gasteiger partial charge in [-0.2, -0.15) is 0 Å². The lowest BCUT2D eigenvalue weighted by atomic mass is 9.94. The molecule has 0 rings (SSSR count). The summed E-state index contributed by atoms with van der Waals surface area (Å²) in [6, 6.07) is 0. The average molecular weight is 359 g/mol. The van der Waals surface area contributed by atoms with Gasteiger partial charge in [-0.25, -0.2) is 19.2 Å². The summed E-state index contributed by atoms with van der Waals surface area (Å²) in [5, 5.41) is 0. The maximum absolute atomic E-state index is 11.7. The van der Waals surface area contributed by atoms with Crippen molar-refractivity contribution in [3.05, 3.63) is 0 Å². The number of alkyl halides is 2. The zero-order valence-corrected chi connectivity index (χ0v) is 13.9. The predicted octanol–water partition coefficient (Wildman–Crippen LogP) is 0.414. The minimum Gasteiger partial charge on any atom is -0.467 e. The summed E-state index contributed by atoms with van der Waals surface area (Å²) >= 11 is 11.9. The van der Waals surface area contributed by atoms with E-state index in [9.17, 15) is 19.2 Å². The molecule has 0 aromatic rings. The van der Waals surface area contributed by atoms with Crippen molar-refractivity contribution in [2.75, 3.05) is 28.4 Å². The topological polar surface area (TPSA) is 105 Å². The van der Waals surface area contributed by atoms with Crippen molar-refractivity contribution in [3.63, 3.8) is 0 Å². The van der Waals surface area contributed by atoms with E-state index in [2.05, 4.69) is 18.9 Å². The fourth-order valence-electron chi connectivity index (χ4n) is 1.57. The molecule has 126 valence electrons. The summed E-state index contributed by atoms with van der Waals surface area (Å²) in [5.74, 6) is -4.46. The minimum absolute atomic E-state index is 0.526. The van der Waals surface area contributed by atoms with Crippen molar-refractivity contribution >= 4 is 47.1 Å². The molecule has 0 atom stereocenters. The highest BCUT2D eigenvalue weighted by molar-refractivity contribution is 6.46. The van der Waals surface area contributed by atoms with Gasteiger partial charge < -0.3 is 18.9 Å².